The van der Waals surface area contributed by atoms with Crippen LogP contribution in [0.4, 0.5) is 4.39 Å². The van der Waals surface area contributed by atoms with Gasteiger partial charge in [0, 0.05) is 49.2 Å². The lowest BCUT2D eigenvalue weighted by Crippen LogP contribution is -2.47. The highest BCUT2D eigenvalue weighted by Crippen LogP contribution is 2.44. The van der Waals surface area contributed by atoms with Gasteiger partial charge in [0.05, 0.1) is 6.54 Å². The molecule has 4 rings (SSSR count). The molecule has 1 aromatic heterocycles. The number of aliphatic imine (C=N–C) groups is 1. The molecule has 0 radical (unpaired) electrons. The third-order valence-electron chi connectivity index (χ3n) is 5.22. The highest BCUT2D eigenvalue weighted by molar-refractivity contribution is 14.0. The zero-order valence-corrected chi connectivity index (χ0v) is 19.4. The van der Waals surface area contributed by atoms with Gasteiger partial charge in [-0.3, -0.25) is 4.99 Å². The monoisotopic (exact) mass is 534 g/mol. The van der Waals surface area contributed by atoms with Crippen molar-refractivity contribution in [2.24, 2.45) is 4.99 Å². The Labute approximate surface area is 191 Å². The maximum absolute atomic E-state index is 14.1. The number of nitrogens with zero attached hydrogens (tertiary/aromatic N) is 4. The van der Waals surface area contributed by atoms with E-state index in [2.05, 4.69) is 25.7 Å². The fraction of sp³-hybridized carbons (Fsp3) is 0.526. The fourth-order valence-corrected chi connectivity index (χ4v) is 4.05. The summed E-state index contributed by atoms with van der Waals surface area (Å²) in [5, 5.41) is 11.8. The van der Waals surface area contributed by atoms with Gasteiger partial charge in [0.2, 0.25) is 0 Å². The molecule has 3 atom stereocenters. The van der Waals surface area contributed by atoms with Gasteiger partial charge in [0.15, 0.2) is 11.8 Å². The highest BCUT2D eigenvalue weighted by atomic mass is 127. The van der Waals surface area contributed by atoms with Gasteiger partial charge >= 0.3 is 0 Å². The predicted octanol–water partition coefficient (Wildman–Crippen LogP) is 2.87. The molecule has 0 saturated heterocycles. The maximum atomic E-state index is 14.1. The van der Waals surface area contributed by atoms with Crippen LogP contribution in [-0.2, 0) is 24.3 Å². The molecule has 1 saturated carbocycles. The molecular weight excluding hydrogens is 510 g/mol. The Bertz CT molecular complexity index is 871. The number of aromatic nitrogens is 3. The average molecular weight is 535 g/mol. The van der Waals surface area contributed by atoms with Crippen molar-refractivity contribution in [2.45, 2.75) is 50.4 Å². The number of methoxy groups -OCH3 is 1. The lowest BCUT2D eigenvalue weighted by Gasteiger charge is -2.25. The van der Waals surface area contributed by atoms with Crippen LogP contribution in [0.5, 0.6) is 0 Å². The predicted molar refractivity (Wildman–Crippen MR) is 120 cm³/mol. The van der Waals surface area contributed by atoms with Crippen molar-refractivity contribution in [3.63, 3.8) is 0 Å². The van der Waals surface area contributed by atoms with Gasteiger partial charge in [0.1, 0.15) is 18.2 Å². The fourth-order valence-electron chi connectivity index (χ4n) is 3.75. The summed E-state index contributed by atoms with van der Waals surface area (Å²) in [4.78, 5) is 8.83. The van der Waals surface area contributed by atoms with E-state index in [0.717, 1.165) is 31.6 Å². The van der Waals surface area contributed by atoms with E-state index < -0.39 is 0 Å². The Balaban J connectivity index is 0.00000240. The number of guanidine groups is 1. The van der Waals surface area contributed by atoms with Crippen LogP contribution in [0.25, 0.3) is 0 Å². The Hall–Kier alpha value is -1.46. The topological polar surface area (TPSA) is 76.4 Å². The lowest BCUT2D eigenvalue weighted by atomic mass is 10.1. The van der Waals surface area contributed by atoms with Gasteiger partial charge in [0.25, 0.3) is 0 Å². The summed E-state index contributed by atoms with van der Waals surface area (Å²) >= 11 is 6.19. The van der Waals surface area contributed by atoms with Crippen LogP contribution in [0.2, 0.25) is 5.02 Å². The summed E-state index contributed by atoms with van der Waals surface area (Å²) in [5.41, 5.74) is 0.590. The van der Waals surface area contributed by atoms with Crippen LogP contribution in [0, 0.1) is 5.82 Å². The minimum Gasteiger partial charge on any atom is -0.377 e. The first-order chi connectivity index (χ1) is 13.6. The van der Waals surface area contributed by atoms with Crippen LogP contribution >= 0.6 is 35.6 Å². The second kappa shape index (κ2) is 9.57. The second-order valence-corrected chi connectivity index (χ2v) is 7.65. The molecule has 2 N–H and O–H groups in total. The Morgan fingerprint density at radius 1 is 1.41 bits per heavy atom. The summed E-state index contributed by atoms with van der Waals surface area (Å²) in [5.74, 6) is 2.23. The molecule has 1 aliphatic heterocycles. The molecule has 3 unspecified atom stereocenters. The van der Waals surface area contributed by atoms with Gasteiger partial charge < -0.3 is 15.4 Å². The number of halogens is 3. The minimum absolute atomic E-state index is 0. The molecule has 1 aliphatic carbocycles. The molecule has 0 amide bonds. The van der Waals surface area contributed by atoms with Crippen molar-refractivity contribution >= 4 is 41.5 Å². The zero-order valence-electron chi connectivity index (χ0n) is 16.4. The van der Waals surface area contributed by atoms with E-state index in [0.29, 0.717) is 29.0 Å². The number of aryl methyl sites for hydroxylation is 1. The Morgan fingerprint density at radius 2 is 2.24 bits per heavy atom. The second-order valence-electron chi connectivity index (χ2n) is 7.24. The summed E-state index contributed by atoms with van der Waals surface area (Å²) < 4.78 is 21.2. The molecule has 1 aromatic carbocycles. The largest absolute Gasteiger partial charge is 0.377 e. The number of fused-ring (bicyclic) bond motifs is 1. The summed E-state index contributed by atoms with van der Waals surface area (Å²) in [6.45, 7) is 1.14. The van der Waals surface area contributed by atoms with Crippen LogP contribution in [-0.4, -0.2) is 47.0 Å². The van der Waals surface area contributed by atoms with E-state index in [1.165, 1.54) is 6.07 Å². The molecule has 7 nitrogen and oxygen atoms in total. The smallest absolute Gasteiger partial charge is 0.191 e. The summed E-state index contributed by atoms with van der Waals surface area (Å²) in [6, 6.07) is 5.15. The molecule has 158 valence electrons. The highest BCUT2D eigenvalue weighted by Gasteiger charge is 2.42. The van der Waals surface area contributed by atoms with Crippen molar-refractivity contribution < 1.29 is 9.13 Å². The first-order valence-corrected chi connectivity index (χ1v) is 9.82. The summed E-state index contributed by atoms with van der Waals surface area (Å²) in [7, 11) is 3.38. The van der Waals surface area contributed by atoms with Gasteiger partial charge in [-0.2, -0.15) is 5.10 Å². The van der Waals surface area contributed by atoms with Crippen molar-refractivity contribution in [1.29, 1.82) is 0 Å². The molecule has 0 bridgehead atoms. The van der Waals surface area contributed by atoms with Crippen molar-refractivity contribution in [3.05, 3.63) is 46.3 Å². The third-order valence-corrected chi connectivity index (χ3v) is 5.55. The first kappa shape index (κ1) is 22.2. The van der Waals surface area contributed by atoms with Gasteiger partial charge in [-0.05, 0) is 25.0 Å². The molecule has 2 aromatic rings. The van der Waals surface area contributed by atoms with Crippen molar-refractivity contribution in [1.82, 2.24) is 25.4 Å². The van der Waals surface area contributed by atoms with E-state index in [4.69, 9.17) is 16.3 Å². The Morgan fingerprint density at radius 3 is 2.97 bits per heavy atom. The van der Waals surface area contributed by atoms with Crippen molar-refractivity contribution in [2.75, 3.05) is 14.2 Å². The zero-order chi connectivity index (χ0) is 19.7. The van der Waals surface area contributed by atoms with Crippen molar-refractivity contribution in [3.8, 4) is 0 Å². The van der Waals surface area contributed by atoms with E-state index in [1.807, 2.05) is 4.68 Å². The molecule has 1 fully saturated rings. The quantitative estimate of drug-likeness (QED) is 0.351. The number of hydrogen-bond acceptors (Lipinski definition) is 4. The van der Waals surface area contributed by atoms with E-state index in [-0.39, 0.29) is 47.8 Å². The van der Waals surface area contributed by atoms with Crippen LogP contribution < -0.4 is 10.6 Å². The average Bonchev–Trinajstić information content (AvgIpc) is 3.29. The van der Waals surface area contributed by atoms with Gasteiger partial charge in [-0.15, -0.1) is 24.0 Å². The number of benzene rings is 1. The third kappa shape index (κ3) is 5.00. The number of ether oxygens (including phenoxy) is 1. The minimum atomic E-state index is -0.248. The van der Waals surface area contributed by atoms with Crippen LogP contribution in [0.1, 0.15) is 36.0 Å². The number of hydrogen-bond donors (Lipinski definition) is 2. The SMILES string of the molecule is CN=C(NC1CCc2nc(COC)nn2C1)NC1CC1c1c(F)cccc1Cl.I. The number of nitrogens with one attached hydrogen (secondary N) is 2. The van der Waals surface area contributed by atoms with E-state index >= 15 is 0 Å². The normalized spacial score (nSPS) is 23.2. The molecule has 0 spiro atoms. The van der Waals surface area contributed by atoms with Gasteiger partial charge in [-0.1, -0.05) is 17.7 Å². The summed E-state index contributed by atoms with van der Waals surface area (Å²) in [6.07, 6.45) is 2.63. The van der Waals surface area contributed by atoms with Crippen LogP contribution in [0.3, 0.4) is 0 Å². The first-order valence-electron chi connectivity index (χ1n) is 9.44. The van der Waals surface area contributed by atoms with Crippen LogP contribution in [0.15, 0.2) is 23.2 Å². The molecular formula is C19H25ClFIN6O. The molecule has 2 aliphatic rings. The molecule has 29 heavy (non-hydrogen) atoms. The lowest BCUT2D eigenvalue weighted by molar-refractivity contribution is 0.177. The molecule has 2 heterocycles. The van der Waals surface area contributed by atoms with Gasteiger partial charge in [-0.25, -0.2) is 14.1 Å². The molecule has 10 heteroatoms. The Kier molecular flexibility index (Phi) is 7.33. The standard InChI is InChI=1S/C19H24ClFN6O.HI/c1-22-19(24-15-8-12(15)18-13(20)4-3-5-14(18)21)23-11-6-7-17-25-16(10-28-2)26-27(17)9-11;/h3-5,11-12,15H,6-10H2,1-2H3,(H2,22,23,24);1H. The number of rotatable bonds is 5. The maximum Gasteiger partial charge on any atom is 0.191 e. The van der Waals surface area contributed by atoms with E-state index in [9.17, 15) is 4.39 Å². The van der Waals surface area contributed by atoms with E-state index in [1.54, 1.807) is 26.3 Å².